The molecule has 1 aromatic heterocycles. The van der Waals surface area contributed by atoms with Gasteiger partial charge in [-0.15, -0.1) is 11.6 Å². The lowest BCUT2D eigenvalue weighted by Crippen LogP contribution is -2.08. The molecule has 0 aliphatic carbocycles. The summed E-state index contributed by atoms with van der Waals surface area (Å²) in [4.78, 5) is 13.9. The molecule has 0 fully saturated rings. The van der Waals surface area contributed by atoms with Gasteiger partial charge < -0.3 is 0 Å². The van der Waals surface area contributed by atoms with Gasteiger partial charge in [-0.25, -0.2) is 4.98 Å². The average molecular weight is 224 g/mol. The maximum absolute atomic E-state index is 12.2. The van der Waals surface area contributed by atoms with Crippen LogP contribution >= 0.6 is 11.6 Å². The van der Waals surface area contributed by atoms with E-state index in [9.17, 15) is 18.0 Å². The maximum Gasteiger partial charge on any atom is 0.416 e. The minimum absolute atomic E-state index is 0.0311. The van der Waals surface area contributed by atoms with Gasteiger partial charge >= 0.3 is 6.18 Å². The quantitative estimate of drug-likeness (QED) is 0.570. The summed E-state index contributed by atoms with van der Waals surface area (Å²) in [6, 6.07) is 1.50. The summed E-state index contributed by atoms with van der Waals surface area (Å²) in [7, 11) is 0. The number of nitrogens with zero attached hydrogens (tertiary/aromatic N) is 1. The maximum atomic E-state index is 12.2. The molecule has 0 aliphatic heterocycles. The fourth-order valence-electron chi connectivity index (χ4n) is 0.903. The van der Waals surface area contributed by atoms with Crippen molar-refractivity contribution in [3.8, 4) is 0 Å². The van der Waals surface area contributed by atoms with Gasteiger partial charge in [-0.05, 0) is 12.1 Å². The van der Waals surface area contributed by atoms with E-state index in [1.807, 2.05) is 0 Å². The summed E-state index contributed by atoms with van der Waals surface area (Å²) < 4.78 is 36.7. The standard InChI is InChI=1S/C8H5ClF3NO/c9-3-6-1-5(8(10,11)12)2-7(4-14)13-6/h1-2,4H,3H2. The number of halogens is 4. The molecule has 6 heteroatoms. The van der Waals surface area contributed by atoms with E-state index in [0.717, 1.165) is 6.07 Å². The summed E-state index contributed by atoms with van der Waals surface area (Å²) in [5.41, 5.74) is -1.15. The van der Waals surface area contributed by atoms with Crippen LogP contribution in [-0.2, 0) is 12.1 Å². The summed E-state index contributed by atoms with van der Waals surface area (Å²) in [5.74, 6) is -0.162. The molecular weight excluding hydrogens is 219 g/mol. The second-order valence-electron chi connectivity index (χ2n) is 2.52. The Labute approximate surface area is 82.7 Å². The van der Waals surface area contributed by atoms with Crippen LogP contribution in [0.5, 0.6) is 0 Å². The Bertz CT molecular complexity index is 351. The zero-order valence-corrected chi connectivity index (χ0v) is 7.56. The van der Waals surface area contributed by atoms with Crippen molar-refractivity contribution in [2.75, 3.05) is 0 Å². The Hall–Kier alpha value is -1.10. The number of aldehydes is 1. The topological polar surface area (TPSA) is 30.0 Å². The molecule has 0 saturated heterocycles. The zero-order chi connectivity index (χ0) is 10.8. The van der Waals surface area contributed by atoms with Crippen LogP contribution in [0.4, 0.5) is 13.2 Å². The highest BCUT2D eigenvalue weighted by Crippen LogP contribution is 2.29. The fourth-order valence-corrected chi connectivity index (χ4v) is 1.04. The van der Waals surface area contributed by atoms with Gasteiger partial charge in [0.25, 0.3) is 0 Å². The number of rotatable bonds is 2. The molecule has 0 bridgehead atoms. The van der Waals surface area contributed by atoms with Gasteiger partial charge in [-0.1, -0.05) is 0 Å². The second-order valence-corrected chi connectivity index (χ2v) is 2.79. The van der Waals surface area contributed by atoms with E-state index < -0.39 is 11.7 Å². The number of hydrogen-bond acceptors (Lipinski definition) is 2. The third kappa shape index (κ3) is 2.45. The van der Waals surface area contributed by atoms with Crippen LogP contribution in [0.1, 0.15) is 21.7 Å². The van der Waals surface area contributed by atoms with Crippen LogP contribution in [0, 0.1) is 0 Å². The van der Waals surface area contributed by atoms with Crippen molar-refractivity contribution in [1.29, 1.82) is 0 Å². The molecule has 0 amide bonds. The first kappa shape index (κ1) is 11.0. The van der Waals surface area contributed by atoms with Crippen molar-refractivity contribution >= 4 is 17.9 Å². The first-order valence-corrected chi connectivity index (χ1v) is 4.10. The molecular formula is C8H5ClF3NO. The van der Waals surface area contributed by atoms with Crippen molar-refractivity contribution < 1.29 is 18.0 Å². The van der Waals surface area contributed by atoms with Crippen LogP contribution in [0.25, 0.3) is 0 Å². The minimum atomic E-state index is -4.48. The van der Waals surface area contributed by atoms with Crippen LogP contribution in [0.2, 0.25) is 0 Å². The summed E-state index contributed by atoms with van der Waals surface area (Å²) in [5, 5.41) is 0. The molecule has 1 aromatic rings. The van der Waals surface area contributed by atoms with E-state index in [2.05, 4.69) is 4.98 Å². The lowest BCUT2D eigenvalue weighted by atomic mass is 10.2. The Balaban J connectivity index is 3.24. The van der Waals surface area contributed by atoms with Crippen molar-refractivity contribution in [3.63, 3.8) is 0 Å². The van der Waals surface area contributed by atoms with Gasteiger partial charge in [-0.3, -0.25) is 4.79 Å². The lowest BCUT2D eigenvalue weighted by molar-refractivity contribution is -0.137. The molecule has 0 spiro atoms. The summed E-state index contributed by atoms with van der Waals surface area (Å²) >= 11 is 5.33. The smallest absolute Gasteiger partial charge is 0.296 e. The van der Waals surface area contributed by atoms with Crippen LogP contribution in [0.3, 0.4) is 0 Å². The Morgan fingerprint density at radius 3 is 2.50 bits per heavy atom. The van der Waals surface area contributed by atoms with Crippen molar-refractivity contribution in [3.05, 3.63) is 29.1 Å². The molecule has 1 heterocycles. The van der Waals surface area contributed by atoms with E-state index in [0.29, 0.717) is 6.07 Å². The van der Waals surface area contributed by atoms with Gasteiger partial charge in [0.2, 0.25) is 0 Å². The molecule has 0 aromatic carbocycles. The first-order chi connectivity index (χ1) is 6.47. The lowest BCUT2D eigenvalue weighted by Gasteiger charge is -2.07. The highest BCUT2D eigenvalue weighted by Gasteiger charge is 2.31. The van der Waals surface area contributed by atoms with Gasteiger partial charge in [-0.2, -0.15) is 13.2 Å². The molecule has 0 aliphatic rings. The summed E-state index contributed by atoms with van der Waals surface area (Å²) in [6.07, 6.45) is -4.23. The van der Waals surface area contributed by atoms with Crippen LogP contribution in [-0.4, -0.2) is 11.3 Å². The summed E-state index contributed by atoms with van der Waals surface area (Å²) in [6.45, 7) is 0. The minimum Gasteiger partial charge on any atom is -0.296 e. The molecule has 0 radical (unpaired) electrons. The Morgan fingerprint density at radius 1 is 1.43 bits per heavy atom. The predicted octanol–water partition coefficient (Wildman–Crippen LogP) is 2.65. The number of carbonyl (C=O) groups excluding carboxylic acids is 1. The molecule has 1 rings (SSSR count). The molecule has 76 valence electrons. The van der Waals surface area contributed by atoms with Crippen LogP contribution in [0.15, 0.2) is 12.1 Å². The number of aromatic nitrogens is 1. The fraction of sp³-hybridized carbons (Fsp3) is 0.250. The Morgan fingerprint density at radius 2 is 2.07 bits per heavy atom. The molecule has 14 heavy (non-hydrogen) atoms. The van der Waals surface area contributed by atoms with E-state index in [1.54, 1.807) is 0 Å². The van der Waals surface area contributed by atoms with E-state index in [4.69, 9.17) is 11.6 Å². The molecule has 0 atom stereocenters. The molecule has 0 N–H and O–H groups in total. The number of hydrogen-bond donors (Lipinski definition) is 0. The largest absolute Gasteiger partial charge is 0.416 e. The van der Waals surface area contributed by atoms with Gasteiger partial charge in [0.15, 0.2) is 6.29 Å². The Kier molecular flexibility index (Phi) is 3.10. The second kappa shape index (κ2) is 3.96. The van der Waals surface area contributed by atoms with Crippen molar-refractivity contribution in [2.45, 2.75) is 12.1 Å². The van der Waals surface area contributed by atoms with E-state index >= 15 is 0 Å². The molecule has 0 unspecified atom stereocenters. The monoisotopic (exact) mass is 223 g/mol. The van der Waals surface area contributed by atoms with Gasteiger partial charge in [0.05, 0.1) is 17.1 Å². The number of carbonyl (C=O) groups is 1. The van der Waals surface area contributed by atoms with Gasteiger partial charge in [0, 0.05) is 0 Å². The molecule has 2 nitrogen and oxygen atoms in total. The third-order valence-electron chi connectivity index (χ3n) is 1.48. The van der Waals surface area contributed by atoms with Gasteiger partial charge in [0.1, 0.15) is 5.69 Å². The van der Waals surface area contributed by atoms with Crippen molar-refractivity contribution in [2.24, 2.45) is 0 Å². The normalized spacial score (nSPS) is 11.4. The van der Waals surface area contributed by atoms with Crippen LogP contribution < -0.4 is 0 Å². The SMILES string of the molecule is O=Cc1cc(C(F)(F)F)cc(CCl)n1. The van der Waals surface area contributed by atoms with E-state index in [-0.39, 0.29) is 23.6 Å². The number of alkyl halides is 4. The highest BCUT2D eigenvalue weighted by molar-refractivity contribution is 6.16. The number of pyridine rings is 1. The average Bonchev–Trinajstić information content (AvgIpc) is 2.15. The van der Waals surface area contributed by atoms with Crippen molar-refractivity contribution in [1.82, 2.24) is 4.98 Å². The zero-order valence-electron chi connectivity index (χ0n) is 6.81. The predicted molar refractivity (Wildman–Crippen MR) is 44.2 cm³/mol. The molecule has 0 saturated carbocycles. The third-order valence-corrected chi connectivity index (χ3v) is 1.76. The highest BCUT2D eigenvalue weighted by atomic mass is 35.5. The van der Waals surface area contributed by atoms with E-state index in [1.165, 1.54) is 0 Å². The first-order valence-electron chi connectivity index (χ1n) is 3.56.